The molecule has 168 valence electrons. The first-order chi connectivity index (χ1) is 15.5. The zero-order valence-corrected chi connectivity index (χ0v) is 18.9. The number of carbonyl (C=O) groups is 1. The number of benzene rings is 1. The molecule has 1 aromatic carbocycles. The van der Waals surface area contributed by atoms with Gasteiger partial charge in [0.05, 0.1) is 6.54 Å². The highest BCUT2D eigenvalue weighted by Gasteiger charge is 2.19. The Labute approximate surface area is 189 Å². The van der Waals surface area contributed by atoms with E-state index in [1.807, 2.05) is 31.2 Å². The minimum atomic E-state index is -0.147. The molecule has 2 aliphatic rings. The summed E-state index contributed by atoms with van der Waals surface area (Å²) in [6.45, 7) is 4.25. The van der Waals surface area contributed by atoms with E-state index in [1.54, 1.807) is 10.6 Å². The lowest BCUT2D eigenvalue weighted by Crippen LogP contribution is -2.44. The highest BCUT2D eigenvalue weighted by molar-refractivity contribution is 5.77. The van der Waals surface area contributed by atoms with E-state index in [0.29, 0.717) is 18.2 Å². The van der Waals surface area contributed by atoms with Crippen LogP contribution < -0.4 is 15.6 Å². The molecule has 1 saturated carbocycles. The van der Waals surface area contributed by atoms with Crippen LogP contribution in [0.5, 0.6) is 5.75 Å². The Bertz CT molecular complexity index is 1070. The molecule has 1 saturated heterocycles. The number of aromatic nitrogens is 1. The number of pyridine rings is 1. The highest BCUT2D eigenvalue weighted by atomic mass is 16.5. The number of amides is 1. The quantitative estimate of drug-likeness (QED) is 0.712. The summed E-state index contributed by atoms with van der Waals surface area (Å²) in [5.74, 6) is 7.33. The first-order valence-corrected chi connectivity index (χ1v) is 11.4. The van der Waals surface area contributed by atoms with Crippen molar-refractivity contribution in [3.05, 3.63) is 63.6 Å². The van der Waals surface area contributed by atoms with Gasteiger partial charge in [0.1, 0.15) is 5.75 Å². The van der Waals surface area contributed by atoms with E-state index >= 15 is 0 Å². The smallest absolute Gasteiger partial charge is 0.258 e. The molecular formula is C26H31N3O3. The van der Waals surface area contributed by atoms with Crippen molar-refractivity contribution in [1.29, 1.82) is 0 Å². The lowest BCUT2D eigenvalue weighted by molar-refractivity contribution is -0.124. The van der Waals surface area contributed by atoms with E-state index in [4.69, 9.17) is 4.74 Å². The minimum Gasteiger partial charge on any atom is -0.484 e. The van der Waals surface area contributed by atoms with Crippen LogP contribution in [0.2, 0.25) is 0 Å². The summed E-state index contributed by atoms with van der Waals surface area (Å²) in [6.07, 6.45) is 4.34. The van der Waals surface area contributed by atoms with Crippen LogP contribution in [0.4, 0.5) is 0 Å². The Morgan fingerprint density at radius 2 is 1.84 bits per heavy atom. The van der Waals surface area contributed by atoms with Crippen molar-refractivity contribution < 1.29 is 9.53 Å². The maximum absolute atomic E-state index is 12.7. The van der Waals surface area contributed by atoms with Gasteiger partial charge < -0.3 is 19.5 Å². The van der Waals surface area contributed by atoms with Gasteiger partial charge in [-0.25, -0.2) is 0 Å². The van der Waals surface area contributed by atoms with Gasteiger partial charge in [-0.05, 0) is 76.5 Å². The molecule has 0 unspecified atom stereocenters. The van der Waals surface area contributed by atoms with Crippen molar-refractivity contribution in [1.82, 2.24) is 14.8 Å². The van der Waals surface area contributed by atoms with Gasteiger partial charge in [0.15, 0.2) is 6.61 Å². The Balaban J connectivity index is 1.32. The van der Waals surface area contributed by atoms with Crippen molar-refractivity contribution in [3.8, 4) is 17.6 Å². The summed E-state index contributed by atoms with van der Waals surface area (Å²) < 4.78 is 7.32. The SMILES string of the molecule is Cc1cc(OCC(=O)NC2CCN(C)CC2)cc(=O)n1Cc1ccc(C#CC2CC2)cc1. The van der Waals surface area contributed by atoms with Crippen LogP contribution in [0.25, 0.3) is 0 Å². The molecule has 1 aliphatic heterocycles. The molecular weight excluding hydrogens is 402 g/mol. The third-order valence-electron chi connectivity index (χ3n) is 6.05. The molecule has 0 atom stereocenters. The fourth-order valence-electron chi connectivity index (χ4n) is 3.85. The lowest BCUT2D eigenvalue weighted by Gasteiger charge is -2.29. The molecule has 1 amide bonds. The second-order valence-corrected chi connectivity index (χ2v) is 8.93. The van der Waals surface area contributed by atoms with Gasteiger partial charge >= 0.3 is 0 Å². The number of ether oxygens (including phenoxy) is 1. The van der Waals surface area contributed by atoms with Crippen LogP contribution >= 0.6 is 0 Å². The van der Waals surface area contributed by atoms with E-state index < -0.39 is 0 Å². The summed E-state index contributed by atoms with van der Waals surface area (Å²) in [5.41, 5.74) is 2.69. The number of piperidine rings is 1. The van der Waals surface area contributed by atoms with Crippen LogP contribution in [0.3, 0.4) is 0 Å². The molecule has 6 heteroatoms. The maximum atomic E-state index is 12.7. The largest absolute Gasteiger partial charge is 0.484 e. The van der Waals surface area contributed by atoms with Gasteiger partial charge in [-0.15, -0.1) is 0 Å². The van der Waals surface area contributed by atoms with Crippen LogP contribution in [0, 0.1) is 24.7 Å². The third kappa shape index (κ3) is 6.24. The number of hydrogen-bond acceptors (Lipinski definition) is 4. The number of nitrogens with one attached hydrogen (secondary N) is 1. The van der Waals surface area contributed by atoms with Crippen molar-refractivity contribution in [2.45, 2.75) is 45.2 Å². The zero-order chi connectivity index (χ0) is 22.5. The van der Waals surface area contributed by atoms with Gasteiger partial charge in [-0.3, -0.25) is 9.59 Å². The third-order valence-corrected chi connectivity index (χ3v) is 6.05. The molecule has 0 spiro atoms. The summed E-state index contributed by atoms with van der Waals surface area (Å²) in [5, 5.41) is 3.02. The van der Waals surface area contributed by atoms with Gasteiger partial charge in [0.2, 0.25) is 0 Å². The monoisotopic (exact) mass is 433 g/mol. The minimum absolute atomic E-state index is 0.0847. The predicted molar refractivity (Wildman–Crippen MR) is 125 cm³/mol. The average Bonchev–Trinajstić information content (AvgIpc) is 3.60. The van der Waals surface area contributed by atoms with Crippen LogP contribution in [-0.4, -0.2) is 48.2 Å². The first-order valence-electron chi connectivity index (χ1n) is 11.4. The second kappa shape index (κ2) is 10.1. The zero-order valence-electron chi connectivity index (χ0n) is 18.9. The first kappa shape index (κ1) is 22.2. The van der Waals surface area contributed by atoms with Gasteiger partial charge in [-0.1, -0.05) is 24.0 Å². The van der Waals surface area contributed by atoms with E-state index in [9.17, 15) is 9.59 Å². The van der Waals surface area contributed by atoms with Crippen molar-refractivity contribution in [2.75, 3.05) is 26.7 Å². The number of carbonyl (C=O) groups excluding carboxylic acids is 1. The highest BCUT2D eigenvalue weighted by Crippen LogP contribution is 2.27. The summed E-state index contributed by atoms with van der Waals surface area (Å²) in [6, 6.07) is 11.5. The van der Waals surface area contributed by atoms with Gasteiger partial charge in [0.25, 0.3) is 11.5 Å². The molecule has 2 fully saturated rings. The second-order valence-electron chi connectivity index (χ2n) is 8.93. The van der Waals surface area contributed by atoms with E-state index in [1.165, 1.54) is 18.9 Å². The van der Waals surface area contributed by atoms with Crippen LogP contribution in [0.1, 0.15) is 42.5 Å². The Morgan fingerprint density at radius 3 is 2.50 bits per heavy atom. The number of hydrogen-bond donors (Lipinski definition) is 1. The number of nitrogens with zero attached hydrogens (tertiary/aromatic N) is 2. The molecule has 32 heavy (non-hydrogen) atoms. The molecule has 1 N–H and O–H groups in total. The van der Waals surface area contributed by atoms with Crippen LogP contribution in [0.15, 0.2) is 41.2 Å². The summed E-state index contributed by atoms with van der Waals surface area (Å²) in [4.78, 5) is 27.1. The van der Waals surface area contributed by atoms with Gasteiger partial charge in [-0.2, -0.15) is 0 Å². The molecule has 1 aromatic heterocycles. The van der Waals surface area contributed by atoms with E-state index in [2.05, 4.69) is 29.1 Å². The Morgan fingerprint density at radius 1 is 1.12 bits per heavy atom. The van der Waals surface area contributed by atoms with Crippen LogP contribution in [-0.2, 0) is 11.3 Å². The fraction of sp³-hybridized carbons (Fsp3) is 0.462. The molecule has 6 nitrogen and oxygen atoms in total. The standard InChI is InChI=1S/C26H31N3O3/c1-19-15-24(32-18-25(30)27-23-11-13-28(2)14-12-23)16-26(31)29(19)17-22-9-7-21(8-10-22)6-5-20-3-4-20/h7-10,15-16,20,23H,3-4,11-14,17-18H2,1-2H3,(H,27,30). The van der Waals surface area contributed by atoms with Gasteiger partial charge in [0, 0.05) is 29.3 Å². The normalized spacial score (nSPS) is 16.8. The molecule has 2 heterocycles. The summed E-state index contributed by atoms with van der Waals surface area (Å²) >= 11 is 0. The Kier molecular flexibility index (Phi) is 6.96. The molecule has 1 aliphatic carbocycles. The fourth-order valence-corrected chi connectivity index (χ4v) is 3.85. The molecule has 4 rings (SSSR count). The maximum Gasteiger partial charge on any atom is 0.258 e. The van der Waals surface area contributed by atoms with Crippen molar-refractivity contribution in [2.24, 2.45) is 5.92 Å². The molecule has 0 radical (unpaired) electrons. The van der Waals surface area contributed by atoms with E-state index in [0.717, 1.165) is 42.8 Å². The van der Waals surface area contributed by atoms with Crippen molar-refractivity contribution >= 4 is 5.91 Å². The molecule has 2 aromatic rings. The van der Waals surface area contributed by atoms with Crippen molar-refractivity contribution in [3.63, 3.8) is 0 Å². The number of aryl methyl sites for hydroxylation is 1. The lowest BCUT2D eigenvalue weighted by atomic mass is 10.1. The number of likely N-dealkylation sites (tertiary alicyclic amines) is 1. The topological polar surface area (TPSA) is 63.6 Å². The predicted octanol–water partition coefficient (Wildman–Crippen LogP) is 2.56. The Hall–Kier alpha value is -3.04. The summed E-state index contributed by atoms with van der Waals surface area (Å²) in [7, 11) is 2.09. The molecule has 0 bridgehead atoms. The van der Waals surface area contributed by atoms with E-state index in [-0.39, 0.29) is 24.1 Å². The average molecular weight is 434 g/mol. The number of rotatable bonds is 6.